The van der Waals surface area contributed by atoms with E-state index >= 15 is 0 Å². The lowest BCUT2D eigenvalue weighted by atomic mass is 10.2. The molecule has 0 unspecified atom stereocenters. The Labute approximate surface area is 195 Å². The topological polar surface area (TPSA) is 95.1 Å². The summed E-state index contributed by atoms with van der Waals surface area (Å²) in [5, 5.41) is 5.69. The molecule has 0 aromatic heterocycles. The third-order valence-electron chi connectivity index (χ3n) is 4.78. The molecular formula is C24H22N2O6S. The summed E-state index contributed by atoms with van der Waals surface area (Å²) in [6.45, 7) is 0.188. The number of hydrogen-bond donors (Lipinski definition) is 2. The molecule has 0 saturated heterocycles. The zero-order valence-corrected chi connectivity index (χ0v) is 18.9. The molecule has 2 N–H and O–H groups in total. The summed E-state index contributed by atoms with van der Waals surface area (Å²) in [5.74, 6) is 2.16. The maximum Gasteiger partial charge on any atom is 0.255 e. The molecule has 3 aromatic carbocycles. The van der Waals surface area contributed by atoms with Crippen molar-refractivity contribution in [1.29, 1.82) is 0 Å². The Kier molecular flexibility index (Phi) is 6.89. The van der Waals surface area contributed by atoms with Gasteiger partial charge in [-0.1, -0.05) is 0 Å². The highest BCUT2D eigenvalue weighted by molar-refractivity contribution is 8.00. The number of amides is 2. The van der Waals surface area contributed by atoms with Crippen LogP contribution in [0, 0.1) is 0 Å². The van der Waals surface area contributed by atoms with Crippen molar-refractivity contribution < 1.29 is 28.5 Å². The van der Waals surface area contributed by atoms with Gasteiger partial charge in [0.1, 0.15) is 0 Å². The van der Waals surface area contributed by atoms with Crippen LogP contribution in [0.5, 0.6) is 23.0 Å². The predicted octanol–water partition coefficient (Wildman–Crippen LogP) is 4.42. The van der Waals surface area contributed by atoms with Crippen molar-refractivity contribution in [2.24, 2.45) is 0 Å². The zero-order chi connectivity index (χ0) is 23.2. The lowest BCUT2D eigenvalue weighted by Gasteiger charge is -2.10. The first-order valence-corrected chi connectivity index (χ1v) is 11.0. The lowest BCUT2D eigenvalue weighted by molar-refractivity contribution is -0.113. The highest BCUT2D eigenvalue weighted by Gasteiger charge is 2.14. The van der Waals surface area contributed by atoms with Crippen LogP contribution >= 0.6 is 11.8 Å². The first-order valence-electron chi connectivity index (χ1n) is 10.0. The monoisotopic (exact) mass is 466 g/mol. The molecule has 1 heterocycles. The van der Waals surface area contributed by atoms with Gasteiger partial charge < -0.3 is 29.6 Å². The summed E-state index contributed by atoms with van der Waals surface area (Å²) in [6.07, 6.45) is 0. The van der Waals surface area contributed by atoms with Gasteiger partial charge in [0.25, 0.3) is 5.91 Å². The molecule has 170 valence electrons. The molecule has 3 aromatic rings. The van der Waals surface area contributed by atoms with Gasteiger partial charge in [-0.3, -0.25) is 9.59 Å². The molecule has 4 rings (SSSR count). The van der Waals surface area contributed by atoms with Crippen LogP contribution in [0.2, 0.25) is 0 Å². The molecule has 0 spiro atoms. The standard InChI is InChI=1S/C24H22N2O6S/c1-29-19-9-3-15(11-21(19)30-2)24(28)26-16-4-7-18(8-5-16)33-13-23(27)25-17-6-10-20-22(12-17)32-14-31-20/h3-12H,13-14H2,1-2H3,(H,25,27)(H,26,28). The Morgan fingerprint density at radius 3 is 2.33 bits per heavy atom. The number of hydrogen-bond acceptors (Lipinski definition) is 7. The second kappa shape index (κ2) is 10.2. The molecule has 0 radical (unpaired) electrons. The summed E-state index contributed by atoms with van der Waals surface area (Å²) in [4.78, 5) is 25.7. The molecule has 33 heavy (non-hydrogen) atoms. The van der Waals surface area contributed by atoms with Gasteiger partial charge in [0, 0.05) is 27.9 Å². The van der Waals surface area contributed by atoms with Crippen LogP contribution in [0.15, 0.2) is 65.6 Å². The average Bonchev–Trinajstić information content (AvgIpc) is 3.31. The largest absolute Gasteiger partial charge is 0.493 e. The van der Waals surface area contributed by atoms with Gasteiger partial charge in [0.05, 0.1) is 20.0 Å². The van der Waals surface area contributed by atoms with E-state index in [1.54, 1.807) is 48.5 Å². The fourth-order valence-electron chi connectivity index (χ4n) is 3.14. The van der Waals surface area contributed by atoms with E-state index in [-0.39, 0.29) is 24.4 Å². The lowest BCUT2D eigenvalue weighted by Crippen LogP contribution is -2.14. The van der Waals surface area contributed by atoms with E-state index < -0.39 is 0 Å². The van der Waals surface area contributed by atoms with E-state index in [9.17, 15) is 9.59 Å². The SMILES string of the molecule is COc1ccc(C(=O)Nc2ccc(SCC(=O)Nc3ccc4c(c3)OCO4)cc2)cc1OC. The molecule has 2 amide bonds. The van der Waals surface area contributed by atoms with Crippen LogP contribution in [-0.2, 0) is 4.79 Å². The molecule has 1 aliphatic rings. The van der Waals surface area contributed by atoms with Crippen LogP contribution in [0.25, 0.3) is 0 Å². The molecular weight excluding hydrogens is 444 g/mol. The van der Waals surface area contributed by atoms with Crippen molar-refractivity contribution in [1.82, 2.24) is 0 Å². The van der Waals surface area contributed by atoms with Crippen LogP contribution < -0.4 is 29.6 Å². The zero-order valence-electron chi connectivity index (χ0n) is 18.0. The number of nitrogens with one attached hydrogen (secondary N) is 2. The van der Waals surface area contributed by atoms with Gasteiger partial charge in [-0.25, -0.2) is 0 Å². The summed E-state index contributed by atoms with van der Waals surface area (Å²) >= 11 is 1.40. The smallest absolute Gasteiger partial charge is 0.255 e. The summed E-state index contributed by atoms with van der Waals surface area (Å²) in [5.41, 5.74) is 1.74. The van der Waals surface area contributed by atoms with Crippen LogP contribution in [0.4, 0.5) is 11.4 Å². The van der Waals surface area contributed by atoms with Gasteiger partial charge >= 0.3 is 0 Å². The van der Waals surface area contributed by atoms with E-state index in [0.717, 1.165) is 4.90 Å². The van der Waals surface area contributed by atoms with Gasteiger partial charge in [0.15, 0.2) is 23.0 Å². The van der Waals surface area contributed by atoms with E-state index in [2.05, 4.69) is 10.6 Å². The Morgan fingerprint density at radius 2 is 1.58 bits per heavy atom. The van der Waals surface area contributed by atoms with Gasteiger partial charge in [0.2, 0.25) is 12.7 Å². The second-order valence-corrected chi connectivity index (χ2v) is 8.00. The average molecular weight is 467 g/mol. The fourth-order valence-corrected chi connectivity index (χ4v) is 3.83. The Bertz CT molecular complexity index is 1170. The number of methoxy groups -OCH3 is 2. The minimum atomic E-state index is -0.264. The first kappa shape index (κ1) is 22.3. The van der Waals surface area contributed by atoms with Crippen molar-refractivity contribution >= 4 is 35.0 Å². The minimum Gasteiger partial charge on any atom is -0.493 e. The number of benzene rings is 3. The summed E-state index contributed by atoms with van der Waals surface area (Å²) in [6, 6.07) is 17.5. The summed E-state index contributed by atoms with van der Waals surface area (Å²) in [7, 11) is 3.06. The number of rotatable bonds is 8. The Hall–Kier alpha value is -3.85. The van der Waals surface area contributed by atoms with Crippen LogP contribution in [-0.4, -0.2) is 38.6 Å². The predicted molar refractivity (Wildman–Crippen MR) is 126 cm³/mol. The number of anilines is 2. The first-order chi connectivity index (χ1) is 16.1. The number of thioether (sulfide) groups is 1. The quantitative estimate of drug-likeness (QED) is 0.475. The van der Waals surface area contributed by atoms with Crippen molar-refractivity contribution in [3.05, 3.63) is 66.2 Å². The van der Waals surface area contributed by atoms with Crippen molar-refractivity contribution in [2.75, 3.05) is 37.4 Å². The number of fused-ring (bicyclic) bond motifs is 1. The van der Waals surface area contributed by atoms with Gasteiger partial charge in [-0.05, 0) is 54.6 Å². The molecule has 0 saturated carbocycles. The maximum absolute atomic E-state index is 12.5. The van der Waals surface area contributed by atoms with Crippen LogP contribution in [0.3, 0.4) is 0 Å². The summed E-state index contributed by atoms with van der Waals surface area (Å²) < 4.78 is 21.0. The highest BCUT2D eigenvalue weighted by Crippen LogP contribution is 2.34. The van der Waals surface area contributed by atoms with Gasteiger partial charge in [-0.2, -0.15) is 0 Å². The molecule has 9 heteroatoms. The Morgan fingerprint density at radius 1 is 0.848 bits per heavy atom. The van der Waals surface area contributed by atoms with E-state index in [1.807, 2.05) is 12.1 Å². The van der Waals surface area contributed by atoms with Crippen molar-refractivity contribution in [3.63, 3.8) is 0 Å². The van der Waals surface area contributed by atoms with Crippen molar-refractivity contribution in [2.45, 2.75) is 4.90 Å². The van der Waals surface area contributed by atoms with Gasteiger partial charge in [-0.15, -0.1) is 11.8 Å². The third kappa shape index (κ3) is 5.50. The molecule has 0 aliphatic carbocycles. The molecule has 0 bridgehead atoms. The van der Waals surface area contributed by atoms with Crippen molar-refractivity contribution in [3.8, 4) is 23.0 Å². The molecule has 8 nitrogen and oxygen atoms in total. The van der Waals surface area contributed by atoms with E-state index in [0.29, 0.717) is 39.9 Å². The van der Waals surface area contributed by atoms with Crippen LogP contribution in [0.1, 0.15) is 10.4 Å². The highest BCUT2D eigenvalue weighted by atomic mass is 32.2. The normalized spacial score (nSPS) is 11.6. The second-order valence-electron chi connectivity index (χ2n) is 6.95. The number of carbonyl (C=O) groups excluding carboxylic acids is 2. The van der Waals surface area contributed by atoms with E-state index in [1.165, 1.54) is 26.0 Å². The maximum atomic E-state index is 12.5. The molecule has 0 fully saturated rings. The molecule has 0 atom stereocenters. The van der Waals surface area contributed by atoms with E-state index in [4.69, 9.17) is 18.9 Å². The number of ether oxygens (including phenoxy) is 4. The minimum absolute atomic E-state index is 0.135. The fraction of sp³-hybridized carbons (Fsp3) is 0.167. The molecule has 1 aliphatic heterocycles. The third-order valence-corrected chi connectivity index (χ3v) is 5.80. The number of carbonyl (C=O) groups is 2. The Balaban J connectivity index is 1.29.